The molecule has 0 amide bonds. The second-order valence-corrected chi connectivity index (χ2v) is 13.2. The zero-order valence-electron chi connectivity index (χ0n) is 27.2. The van der Waals surface area contributed by atoms with Crippen molar-refractivity contribution in [3.05, 3.63) is 156 Å². The highest BCUT2D eigenvalue weighted by atomic mass is 16.5. The van der Waals surface area contributed by atoms with Gasteiger partial charge in [-0.2, -0.15) is 0 Å². The third-order valence-electron chi connectivity index (χ3n) is 10.5. The van der Waals surface area contributed by atoms with Gasteiger partial charge in [0.25, 0.3) is 0 Å². The molecule has 0 spiro atoms. The van der Waals surface area contributed by atoms with E-state index in [1.165, 1.54) is 0 Å². The van der Waals surface area contributed by atoms with Gasteiger partial charge in [0.15, 0.2) is 0 Å². The zero-order valence-corrected chi connectivity index (χ0v) is 27.2. The largest absolute Gasteiger partial charge is 0.493 e. The molecule has 2 aliphatic carbocycles. The quantitative estimate of drug-likeness (QED) is 0.135. The SMILES string of the molecule is COCC1(COc2ccccc2)c2cccc3cccc(c23)C1C(=O)C1c2cccc3cccc(c23)C1(COC)COc1ccccc1. The molecule has 0 aromatic heterocycles. The molecule has 6 aromatic carbocycles. The number of rotatable bonds is 12. The standard InChI is InChI=1S/C43H38O5/c1-45-25-42(27-47-31-17-5-3-6-18-31)35-23-11-15-29-13-9-21-33(37(29)35)39(42)41(44)40-34-22-10-14-30-16-12-24-36(38(30)34)43(40,26-46-2)28-48-32-19-7-4-8-20-32/h3-24,39-40H,25-28H2,1-2H3. The maximum absolute atomic E-state index is 16.0. The summed E-state index contributed by atoms with van der Waals surface area (Å²) in [6, 6.07) is 45.0. The number of Topliss-reactive ketones (excluding diaryl/α,β-unsaturated/α-hetero) is 1. The average molecular weight is 635 g/mol. The summed E-state index contributed by atoms with van der Waals surface area (Å²) in [6.45, 7) is 1.17. The summed E-state index contributed by atoms with van der Waals surface area (Å²) in [5.41, 5.74) is 2.62. The van der Waals surface area contributed by atoms with E-state index in [2.05, 4.69) is 72.8 Å². The second-order valence-electron chi connectivity index (χ2n) is 13.2. The first-order chi connectivity index (χ1) is 23.6. The Balaban J connectivity index is 1.33. The van der Waals surface area contributed by atoms with Crippen LogP contribution in [-0.4, -0.2) is 46.4 Å². The second kappa shape index (κ2) is 12.2. The molecule has 0 heterocycles. The van der Waals surface area contributed by atoms with Gasteiger partial charge in [-0.05, 0) is 68.1 Å². The van der Waals surface area contributed by atoms with E-state index < -0.39 is 22.7 Å². The van der Waals surface area contributed by atoms with Crippen LogP contribution in [0.2, 0.25) is 0 Å². The predicted octanol–water partition coefficient (Wildman–Crippen LogP) is 8.38. The maximum Gasteiger partial charge on any atom is 0.150 e. The van der Waals surface area contributed by atoms with Gasteiger partial charge in [0.2, 0.25) is 0 Å². The molecular weight excluding hydrogens is 596 g/mol. The number of carbonyl (C=O) groups excluding carboxylic acids is 1. The van der Waals surface area contributed by atoms with Gasteiger partial charge in [-0.15, -0.1) is 0 Å². The van der Waals surface area contributed by atoms with Gasteiger partial charge in [-0.25, -0.2) is 0 Å². The number of methoxy groups -OCH3 is 2. The van der Waals surface area contributed by atoms with Crippen molar-refractivity contribution in [2.24, 2.45) is 0 Å². The molecule has 4 atom stereocenters. The van der Waals surface area contributed by atoms with Gasteiger partial charge in [-0.1, -0.05) is 109 Å². The van der Waals surface area contributed by atoms with E-state index in [0.717, 1.165) is 55.3 Å². The Hall–Kier alpha value is -4.97. The van der Waals surface area contributed by atoms with E-state index in [1.807, 2.05) is 60.7 Å². The number of ketones is 1. The molecule has 5 nitrogen and oxygen atoms in total. The number of hydrogen-bond acceptors (Lipinski definition) is 5. The lowest BCUT2D eigenvalue weighted by Crippen LogP contribution is -2.50. The first-order valence-electron chi connectivity index (χ1n) is 16.5. The third-order valence-corrected chi connectivity index (χ3v) is 10.5. The average Bonchev–Trinajstić information content (AvgIpc) is 3.57. The van der Waals surface area contributed by atoms with Crippen molar-refractivity contribution >= 4 is 27.3 Å². The van der Waals surface area contributed by atoms with E-state index in [1.54, 1.807) is 14.2 Å². The monoisotopic (exact) mass is 634 g/mol. The minimum Gasteiger partial charge on any atom is -0.493 e. The number of para-hydroxylation sites is 2. The number of benzene rings is 6. The number of carbonyl (C=O) groups is 1. The number of ether oxygens (including phenoxy) is 4. The highest BCUT2D eigenvalue weighted by molar-refractivity contribution is 6.08. The molecule has 0 N–H and O–H groups in total. The van der Waals surface area contributed by atoms with Crippen LogP contribution in [0.15, 0.2) is 133 Å². The van der Waals surface area contributed by atoms with Crippen molar-refractivity contribution in [2.45, 2.75) is 22.7 Å². The molecular formula is C43H38O5. The molecule has 0 fully saturated rings. The topological polar surface area (TPSA) is 54.0 Å². The summed E-state index contributed by atoms with van der Waals surface area (Å²) in [4.78, 5) is 16.0. The molecule has 240 valence electrons. The van der Waals surface area contributed by atoms with Gasteiger partial charge < -0.3 is 18.9 Å². The molecule has 4 unspecified atom stereocenters. The molecule has 5 heteroatoms. The minimum absolute atomic E-state index is 0.116. The Bertz CT molecular complexity index is 1950. The molecule has 0 bridgehead atoms. The lowest BCUT2D eigenvalue weighted by molar-refractivity contribution is -0.127. The maximum atomic E-state index is 16.0. The molecule has 48 heavy (non-hydrogen) atoms. The van der Waals surface area contributed by atoms with Crippen LogP contribution in [-0.2, 0) is 25.1 Å². The normalized spacial score (nSPS) is 22.3. The van der Waals surface area contributed by atoms with Gasteiger partial charge in [0.05, 0.1) is 35.9 Å². The van der Waals surface area contributed by atoms with E-state index in [-0.39, 0.29) is 19.0 Å². The fourth-order valence-corrected chi connectivity index (χ4v) is 8.68. The number of hydrogen-bond donors (Lipinski definition) is 0. The highest BCUT2D eigenvalue weighted by Gasteiger charge is 2.59. The van der Waals surface area contributed by atoms with Crippen molar-refractivity contribution in [2.75, 3.05) is 40.6 Å². The lowest BCUT2D eigenvalue weighted by Gasteiger charge is -2.41. The predicted molar refractivity (Wildman–Crippen MR) is 189 cm³/mol. The summed E-state index contributed by atoms with van der Waals surface area (Å²) < 4.78 is 25.3. The summed E-state index contributed by atoms with van der Waals surface area (Å²) in [5.74, 6) is 0.523. The van der Waals surface area contributed by atoms with Crippen molar-refractivity contribution < 1.29 is 23.7 Å². The Morgan fingerprint density at radius 2 is 0.896 bits per heavy atom. The summed E-state index contributed by atoms with van der Waals surface area (Å²) in [6.07, 6.45) is 0. The fraction of sp³-hybridized carbons (Fsp3) is 0.233. The van der Waals surface area contributed by atoms with Crippen molar-refractivity contribution in [1.29, 1.82) is 0 Å². The molecule has 0 saturated heterocycles. The summed E-state index contributed by atoms with van der Waals surface area (Å²) in [5, 5.41) is 4.43. The van der Waals surface area contributed by atoms with Crippen LogP contribution in [0, 0.1) is 0 Å². The smallest absolute Gasteiger partial charge is 0.150 e. The van der Waals surface area contributed by atoms with E-state index in [9.17, 15) is 0 Å². The van der Waals surface area contributed by atoms with Crippen LogP contribution >= 0.6 is 0 Å². The Kier molecular flexibility index (Phi) is 7.74. The minimum atomic E-state index is -0.785. The van der Waals surface area contributed by atoms with Gasteiger partial charge >= 0.3 is 0 Å². The van der Waals surface area contributed by atoms with Gasteiger partial charge in [0, 0.05) is 14.2 Å². The summed E-state index contributed by atoms with van der Waals surface area (Å²) in [7, 11) is 3.42. The van der Waals surface area contributed by atoms with Crippen LogP contribution in [0.4, 0.5) is 0 Å². The Morgan fingerprint density at radius 3 is 1.29 bits per heavy atom. The van der Waals surface area contributed by atoms with Crippen molar-refractivity contribution in [1.82, 2.24) is 0 Å². The lowest BCUT2D eigenvalue weighted by atomic mass is 9.64. The molecule has 6 aromatic rings. The van der Waals surface area contributed by atoms with Crippen LogP contribution in [0.5, 0.6) is 11.5 Å². The van der Waals surface area contributed by atoms with E-state index in [0.29, 0.717) is 13.2 Å². The first-order valence-corrected chi connectivity index (χ1v) is 16.5. The van der Waals surface area contributed by atoms with Gasteiger partial charge in [-0.3, -0.25) is 4.79 Å². The zero-order chi connectivity index (χ0) is 32.7. The van der Waals surface area contributed by atoms with Crippen LogP contribution in [0.1, 0.15) is 34.1 Å². The van der Waals surface area contributed by atoms with Gasteiger partial charge in [0.1, 0.15) is 30.5 Å². The van der Waals surface area contributed by atoms with E-state index in [4.69, 9.17) is 18.9 Å². The molecule has 8 rings (SSSR count). The van der Waals surface area contributed by atoms with Crippen molar-refractivity contribution in [3.8, 4) is 11.5 Å². The van der Waals surface area contributed by atoms with Crippen LogP contribution < -0.4 is 9.47 Å². The Labute approximate surface area is 281 Å². The first kappa shape index (κ1) is 30.4. The van der Waals surface area contributed by atoms with E-state index >= 15 is 4.79 Å². The molecule has 0 saturated carbocycles. The van der Waals surface area contributed by atoms with Crippen LogP contribution in [0.3, 0.4) is 0 Å². The van der Waals surface area contributed by atoms with Crippen molar-refractivity contribution in [3.63, 3.8) is 0 Å². The third kappa shape index (κ3) is 4.64. The Morgan fingerprint density at radius 1 is 0.500 bits per heavy atom. The van der Waals surface area contributed by atoms with Crippen LogP contribution in [0.25, 0.3) is 21.5 Å². The fourth-order valence-electron chi connectivity index (χ4n) is 8.68. The molecule has 2 aliphatic rings. The molecule has 0 radical (unpaired) electrons. The highest BCUT2D eigenvalue weighted by Crippen LogP contribution is 2.58. The molecule has 0 aliphatic heterocycles. The summed E-state index contributed by atoms with van der Waals surface area (Å²) >= 11 is 0.